The summed E-state index contributed by atoms with van der Waals surface area (Å²) in [5, 5.41) is 0. The minimum absolute atomic E-state index is 0.0268. The number of benzene rings is 2. The lowest BCUT2D eigenvalue weighted by Crippen LogP contribution is -2.29. The van der Waals surface area contributed by atoms with Crippen LogP contribution in [-0.2, 0) is 11.2 Å². The summed E-state index contributed by atoms with van der Waals surface area (Å²) in [6.07, 6.45) is 0.808. The second kappa shape index (κ2) is 7.16. The summed E-state index contributed by atoms with van der Waals surface area (Å²) in [6.45, 7) is 1.90. The minimum atomic E-state index is -0.295. The summed E-state index contributed by atoms with van der Waals surface area (Å²) in [7, 11) is 1.72. The third-order valence-corrected chi connectivity index (χ3v) is 3.84. The highest BCUT2D eigenvalue weighted by Crippen LogP contribution is 2.20. The van der Waals surface area contributed by atoms with Crippen molar-refractivity contribution in [3.8, 4) is 0 Å². The van der Waals surface area contributed by atoms with E-state index in [1.54, 1.807) is 36.2 Å². The second-order valence-corrected chi connectivity index (χ2v) is 5.36. The van der Waals surface area contributed by atoms with Gasteiger partial charge in [-0.2, -0.15) is 0 Å². The summed E-state index contributed by atoms with van der Waals surface area (Å²) in [6, 6.07) is 12.3. The van der Waals surface area contributed by atoms with E-state index in [0.29, 0.717) is 12.8 Å². The van der Waals surface area contributed by atoms with Gasteiger partial charge in [0.2, 0.25) is 5.91 Å². The molecule has 0 aliphatic rings. The van der Waals surface area contributed by atoms with Crippen molar-refractivity contribution in [3.05, 3.63) is 71.3 Å². The van der Waals surface area contributed by atoms with E-state index in [4.69, 9.17) is 0 Å². The maximum atomic E-state index is 13.1. The molecule has 2 rings (SSSR count). The maximum Gasteiger partial charge on any atom is 0.223 e. The molecular weight excluding hydrogens is 284 g/mol. The summed E-state index contributed by atoms with van der Waals surface area (Å²) < 4.78 is 26.0. The van der Waals surface area contributed by atoms with Gasteiger partial charge in [-0.3, -0.25) is 4.79 Å². The molecule has 0 saturated carbocycles. The molecule has 0 spiro atoms. The Balaban J connectivity index is 1.95. The van der Waals surface area contributed by atoms with Crippen molar-refractivity contribution in [2.75, 3.05) is 7.05 Å². The van der Waals surface area contributed by atoms with Crippen LogP contribution in [0.1, 0.15) is 30.5 Å². The quantitative estimate of drug-likeness (QED) is 0.813. The van der Waals surface area contributed by atoms with Crippen molar-refractivity contribution < 1.29 is 13.6 Å². The van der Waals surface area contributed by atoms with Crippen LogP contribution >= 0.6 is 0 Å². The number of aryl methyl sites for hydroxylation is 1. The fourth-order valence-electron chi connectivity index (χ4n) is 2.30. The van der Waals surface area contributed by atoms with Crippen LogP contribution in [0.4, 0.5) is 8.78 Å². The van der Waals surface area contributed by atoms with E-state index in [0.717, 1.165) is 11.1 Å². The number of amides is 1. The summed E-state index contributed by atoms with van der Waals surface area (Å²) in [4.78, 5) is 13.9. The first-order chi connectivity index (χ1) is 10.5. The Bertz CT molecular complexity index is 640. The van der Waals surface area contributed by atoms with Crippen molar-refractivity contribution in [1.29, 1.82) is 0 Å². The van der Waals surface area contributed by atoms with Crippen LogP contribution in [0, 0.1) is 11.6 Å². The first-order valence-electron chi connectivity index (χ1n) is 7.23. The van der Waals surface area contributed by atoms with Crippen LogP contribution in [0.15, 0.2) is 48.5 Å². The highest BCUT2D eigenvalue weighted by molar-refractivity contribution is 5.76. The lowest BCUT2D eigenvalue weighted by Gasteiger charge is -2.25. The molecule has 1 atom stereocenters. The van der Waals surface area contributed by atoms with Crippen molar-refractivity contribution in [1.82, 2.24) is 4.90 Å². The maximum absolute atomic E-state index is 13.1. The highest BCUT2D eigenvalue weighted by Gasteiger charge is 2.17. The zero-order valence-corrected chi connectivity index (χ0v) is 12.7. The molecule has 0 heterocycles. The van der Waals surface area contributed by atoms with Gasteiger partial charge in [0.25, 0.3) is 0 Å². The van der Waals surface area contributed by atoms with Gasteiger partial charge in [0.05, 0.1) is 6.04 Å². The molecule has 0 saturated heterocycles. The number of halogens is 2. The SMILES string of the molecule is CC(c1ccc(F)cc1)N(C)C(=O)CCc1cccc(F)c1. The van der Waals surface area contributed by atoms with Gasteiger partial charge < -0.3 is 4.90 Å². The average Bonchev–Trinajstić information content (AvgIpc) is 2.52. The van der Waals surface area contributed by atoms with Crippen molar-refractivity contribution in [2.45, 2.75) is 25.8 Å². The molecule has 2 nitrogen and oxygen atoms in total. The van der Waals surface area contributed by atoms with Crippen molar-refractivity contribution >= 4 is 5.91 Å². The smallest absolute Gasteiger partial charge is 0.223 e. The molecule has 0 N–H and O–H groups in total. The molecule has 0 aliphatic carbocycles. The number of carbonyl (C=O) groups excluding carboxylic acids is 1. The highest BCUT2D eigenvalue weighted by atomic mass is 19.1. The monoisotopic (exact) mass is 303 g/mol. The number of carbonyl (C=O) groups is 1. The topological polar surface area (TPSA) is 20.3 Å². The van der Waals surface area contributed by atoms with E-state index in [1.807, 2.05) is 6.92 Å². The number of hydrogen-bond acceptors (Lipinski definition) is 1. The zero-order chi connectivity index (χ0) is 16.1. The van der Waals surface area contributed by atoms with E-state index in [2.05, 4.69) is 0 Å². The fourth-order valence-corrected chi connectivity index (χ4v) is 2.30. The van der Waals surface area contributed by atoms with E-state index in [-0.39, 0.29) is 23.6 Å². The molecule has 1 unspecified atom stereocenters. The minimum Gasteiger partial charge on any atom is -0.339 e. The van der Waals surface area contributed by atoms with Gasteiger partial charge in [-0.15, -0.1) is 0 Å². The second-order valence-electron chi connectivity index (χ2n) is 5.36. The lowest BCUT2D eigenvalue weighted by atomic mass is 10.1. The first-order valence-corrected chi connectivity index (χ1v) is 7.23. The lowest BCUT2D eigenvalue weighted by molar-refractivity contribution is -0.131. The predicted molar refractivity (Wildman–Crippen MR) is 82.3 cm³/mol. The molecule has 0 aromatic heterocycles. The predicted octanol–water partition coefficient (Wildman–Crippen LogP) is 4.12. The van der Waals surface area contributed by atoms with Crippen LogP contribution < -0.4 is 0 Å². The number of hydrogen-bond donors (Lipinski definition) is 0. The molecule has 22 heavy (non-hydrogen) atoms. The van der Waals surface area contributed by atoms with Crippen LogP contribution in [0.25, 0.3) is 0 Å². The molecule has 4 heteroatoms. The third kappa shape index (κ3) is 4.13. The van der Waals surface area contributed by atoms with Crippen molar-refractivity contribution in [3.63, 3.8) is 0 Å². The van der Waals surface area contributed by atoms with Gasteiger partial charge in [0, 0.05) is 13.5 Å². The van der Waals surface area contributed by atoms with Gasteiger partial charge in [-0.05, 0) is 48.7 Å². The van der Waals surface area contributed by atoms with Crippen molar-refractivity contribution in [2.24, 2.45) is 0 Å². The standard InChI is InChI=1S/C18H19F2NO/c1-13(15-7-9-16(19)10-8-15)21(2)18(22)11-6-14-4-3-5-17(20)12-14/h3-5,7-10,12-13H,6,11H2,1-2H3. The first kappa shape index (κ1) is 16.1. The summed E-state index contributed by atoms with van der Waals surface area (Å²) in [5.74, 6) is -0.616. The van der Waals surface area contributed by atoms with Gasteiger partial charge in [-0.1, -0.05) is 24.3 Å². The molecule has 116 valence electrons. The molecular formula is C18H19F2NO. The summed E-state index contributed by atoms with van der Waals surface area (Å²) in [5.41, 5.74) is 1.68. The van der Waals surface area contributed by atoms with Crippen LogP contribution in [0.3, 0.4) is 0 Å². The molecule has 0 bridgehead atoms. The van der Waals surface area contributed by atoms with Gasteiger partial charge in [0.1, 0.15) is 11.6 Å². The third-order valence-electron chi connectivity index (χ3n) is 3.84. The van der Waals surface area contributed by atoms with Gasteiger partial charge >= 0.3 is 0 Å². The van der Waals surface area contributed by atoms with Crippen LogP contribution in [-0.4, -0.2) is 17.9 Å². The largest absolute Gasteiger partial charge is 0.339 e. The number of rotatable bonds is 5. The number of nitrogens with zero attached hydrogens (tertiary/aromatic N) is 1. The Morgan fingerprint density at radius 2 is 1.77 bits per heavy atom. The molecule has 0 radical (unpaired) electrons. The zero-order valence-electron chi connectivity index (χ0n) is 12.7. The Kier molecular flexibility index (Phi) is 5.26. The van der Waals surface area contributed by atoms with E-state index < -0.39 is 0 Å². The van der Waals surface area contributed by atoms with Crippen LogP contribution in [0.5, 0.6) is 0 Å². The molecule has 1 amide bonds. The van der Waals surface area contributed by atoms with E-state index in [9.17, 15) is 13.6 Å². The Morgan fingerprint density at radius 3 is 2.41 bits per heavy atom. The van der Waals surface area contributed by atoms with Gasteiger partial charge in [-0.25, -0.2) is 8.78 Å². The van der Waals surface area contributed by atoms with Gasteiger partial charge in [0.15, 0.2) is 0 Å². The summed E-state index contributed by atoms with van der Waals surface area (Å²) >= 11 is 0. The normalized spacial score (nSPS) is 12.0. The average molecular weight is 303 g/mol. The Hall–Kier alpha value is -2.23. The molecule has 0 fully saturated rings. The molecule has 2 aromatic rings. The van der Waals surface area contributed by atoms with Crippen LogP contribution in [0.2, 0.25) is 0 Å². The Morgan fingerprint density at radius 1 is 1.09 bits per heavy atom. The van der Waals surface area contributed by atoms with E-state index in [1.165, 1.54) is 24.3 Å². The van der Waals surface area contributed by atoms with E-state index >= 15 is 0 Å². The Labute approximate surface area is 129 Å². The fraction of sp³-hybridized carbons (Fsp3) is 0.278. The molecule has 2 aromatic carbocycles. The molecule has 0 aliphatic heterocycles.